The van der Waals surface area contributed by atoms with E-state index in [0.717, 1.165) is 30.0 Å². The van der Waals surface area contributed by atoms with Crippen LogP contribution in [0.4, 0.5) is 5.13 Å². The van der Waals surface area contributed by atoms with Gasteiger partial charge >= 0.3 is 0 Å². The predicted molar refractivity (Wildman–Crippen MR) is 119 cm³/mol. The molecule has 0 atom stereocenters. The van der Waals surface area contributed by atoms with E-state index in [1.807, 2.05) is 5.38 Å². The van der Waals surface area contributed by atoms with Crippen LogP contribution in [0.15, 0.2) is 47.8 Å². The number of unbranched alkanes of at least 4 members (excludes halogenated alkanes) is 1. The summed E-state index contributed by atoms with van der Waals surface area (Å²) in [6, 6.07) is 14.7. The van der Waals surface area contributed by atoms with E-state index in [2.05, 4.69) is 59.7 Å². The molecular formula is C24H28N2OS. The average Bonchev–Trinajstić information content (AvgIpc) is 3.20. The summed E-state index contributed by atoms with van der Waals surface area (Å²) in [5, 5.41) is 8.24. The maximum atomic E-state index is 12.7. The number of thiazole rings is 1. The van der Waals surface area contributed by atoms with Crippen LogP contribution < -0.4 is 5.32 Å². The Hall–Kier alpha value is -2.20. The number of benzene rings is 2. The van der Waals surface area contributed by atoms with Gasteiger partial charge < -0.3 is 5.32 Å². The van der Waals surface area contributed by atoms with Gasteiger partial charge in [-0.05, 0) is 48.4 Å². The average molecular weight is 393 g/mol. The molecule has 2 aromatic carbocycles. The topological polar surface area (TPSA) is 42.0 Å². The molecule has 1 amide bonds. The summed E-state index contributed by atoms with van der Waals surface area (Å²) in [7, 11) is 0. The van der Waals surface area contributed by atoms with Crippen LogP contribution in [-0.4, -0.2) is 10.9 Å². The van der Waals surface area contributed by atoms with Gasteiger partial charge in [-0.1, -0.05) is 62.6 Å². The molecule has 146 valence electrons. The SMILES string of the molecule is CCCCC1CCC(C(=O)Nc2nc(-c3ccc4ccccc4c3)cs2)CC1. The van der Waals surface area contributed by atoms with Crippen molar-refractivity contribution in [1.82, 2.24) is 4.98 Å². The first-order chi connectivity index (χ1) is 13.7. The number of hydrogen-bond acceptors (Lipinski definition) is 3. The Labute approximate surface area is 171 Å². The molecular weight excluding hydrogens is 364 g/mol. The Kier molecular flexibility index (Phi) is 6.06. The maximum Gasteiger partial charge on any atom is 0.229 e. The van der Waals surface area contributed by atoms with Gasteiger partial charge in [0.25, 0.3) is 0 Å². The van der Waals surface area contributed by atoms with Crippen LogP contribution in [0.5, 0.6) is 0 Å². The van der Waals surface area contributed by atoms with Crippen molar-refractivity contribution in [2.24, 2.45) is 11.8 Å². The van der Waals surface area contributed by atoms with Gasteiger partial charge in [0.15, 0.2) is 5.13 Å². The van der Waals surface area contributed by atoms with E-state index in [9.17, 15) is 4.79 Å². The van der Waals surface area contributed by atoms with E-state index >= 15 is 0 Å². The maximum absolute atomic E-state index is 12.7. The minimum absolute atomic E-state index is 0.144. The highest BCUT2D eigenvalue weighted by atomic mass is 32.1. The molecule has 1 N–H and O–H groups in total. The van der Waals surface area contributed by atoms with E-state index in [4.69, 9.17) is 0 Å². The van der Waals surface area contributed by atoms with Crippen molar-refractivity contribution in [3.8, 4) is 11.3 Å². The van der Waals surface area contributed by atoms with Gasteiger partial charge in [-0.3, -0.25) is 4.79 Å². The van der Waals surface area contributed by atoms with E-state index in [-0.39, 0.29) is 11.8 Å². The monoisotopic (exact) mass is 392 g/mol. The zero-order valence-electron chi connectivity index (χ0n) is 16.5. The van der Waals surface area contributed by atoms with Crippen LogP contribution >= 0.6 is 11.3 Å². The molecule has 0 unspecified atom stereocenters. The number of carbonyl (C=O) groups is 1. The smallest absolute Gasteiger partial charge is 0.229 e. The summed E-state index contributed by atoms with van der Waals surface area (Å²) in [4.78, 5) is 17.3. The summed E-state index contributed by atoms with van der Waals surface area (Å²) < 4.78 is 0. The number of nitrogens with zero attached hydrogens (tertiary/aromatic N) is 1. The lowest BCUT2D eigenvalue weighted by Crippen LogP contribution is -2.27. The van der Waals surface area contributed by atoms with Crippen molar-refractivity contribution in [1.29, 1.82) is 0 Å². The van der Waals surface area contributed by atoms with E-state index < -0.39 is 0 Å². The highest BCUT2D eigenvalue weighted by Gasteiger charge is 2.26. The molecule has 4 heteroatoms. The number of anilines is 1. The van der Waals surface area contributed by atoms with E-state index in [1.165, 1.54) is 54.2 Å². The number of amides is 1. The Bertz CT molecular complexity index is 940. The molecule has 28 heavy (non-hydrogen) atoms. The lowest BCUT2D eigenvalue weighted by Gasteiger charge is -2.27. The summed E-state index contributed by atoms with van der Waals surface area (Å²) in [5.74, 6) is 1.11. The zero-order chi connectivity index (χ0) is 19.3. The fourth-order valence-electron chi connectivity index (χ4n) is 4.23. The van der Waals surface area contributed by atoms with Gasteiger partial charge in [0.2, 0.25) is 5.91 Å². The first-order valence-electron chi connectivity index (χ1n) is 10.5. The number of fused-ring (bicyclic) bond motifs is 1. The minimum Gasteiger partial charge on any atom is -0.302 e. The first kappa shape index (κ1) is 19.1. The normalized spacial score (nSPS) is 19.6. The molecule has 0 spiro atoms. The Morgan fingerprint density at radius 2 is 1.89 bits per heavy atom. The highest BCUT2D eigenvalue weighted by Crippen LogP contribution is 2.33. The Morgan fingerprint density at radius 1 is 1.11 bits per heavy atom. The van der Waals surface area contributed by atoms with Crippen LogP contribution in [0.1, 0.15) is 51.9 Å². The van der Waals surface area contributed by atoms with Crippen molar-refractivity contribution in [3.63, 3.8) is 0 Å². The quantitative estimate of drug-likeness (QED) is 0.496. The van der Waals surface area contributed by atoms with Crippen molar-refractivity contribution >= 4 is 33.1 Å². The second-order valence-electron chi connectivity index (χ2n) is 7.95. The molecule has 1 fully saturated rings. The fraction of sp³-hybridized carbons (Fsp3) is 0.417. The number of hydrogen-bond donors (Lipinski definition) is 1. The number of nitrogens with one attached hydrogen (secondary N) is 1. The highest BCUT2D eigenvalue weighted by molar-refractivity contribution is 7.14. The molecule has 1 aromatic heterocycles. The van der Waals surface area contributed by atoms with Gasteiger partial charge in [0, 0.05) is 16.9 Å². The number of aromatic nitrogens is 1. The van der Waals surface area contributed by atoms with Gasteiger partial charge in [-0.25, -0.2) is 4.98 Å². The third kappa shape index (κ3) is 4.44. The molecule has 1 aliphatic carbocycles. The van der Waals surface area contributed by atoms with Crippen LogP contribution in [0, 0.1) is 11.8 Å². The molecule has 3 nitrogen and oxygen atoms in total. The van der Waals surface area contributed by atoms with Crippen molar-refractivity contribution in [2.75, 3.05) is 5.32 Å². The van der Waals surface area contributed by atoms with Gasteiger partial charge in [-0.2, -0.15) is 0 Å². The number of rotatable bonds is 6. The fourth-order valence-corrected chi connectivity index (χ4v) is 4.95. The third-order valence-electron chi connectivity index (χ3n) is 5.96. The summed E-state index contributed by atoms with van der Waals surface area (Å²) in [6.45, 7) is 2.25. The third-order valence-corrected chi connectivity index (χ3v) is 6.72. The molecule has 0 aliphatic heterocycles. The van der Waals surface area contributed by atoms with Crippen LogP contribution in [-0.2, 0) is 4.79 Å². The Balaban J connectivity index is 1.37. The van der Waals surface area contributed by atoms with Crippen molar-refractivity contribution < 1.29 is 4.79 Å². The molecule has 4 rings (SSSR count). The van der Waals surface area contributed by atoms with Gasteiger partial charge in [0.05, 0.1) is 5.69 Å². The standard InChI is InChI=1S/C24H28N2OS/c1-2-3-6-17-9-11-19(12-10-17)23(27)26-24-25-22(16-28-24)21-14-13-18-7-4-5-8-20(18)15-21/h4-5,7-8,13-17,19H,2-3,6,9-12H2,1H3,(H,25,26,27). The van der Waals surface area contributed by atoms with Crippen LogP contribution in [0.3, 0.4) is 0 Å². The molecule has 1 heterocycles. The van der Waals surface area contributed by atoms with Crippen LogP contribution in [0.2, 0.25) is 0 Å². The molecule has 1 saturated carbocycles. The summed E-state index contributed by atoms with van der Waals surface area (Å²) in [6.07, 6.45) is 8.33. The molecule has 3 aromatic rings. The molecule has 0 bridgehead atoms. The minimum atomic E-state index is 0.144. The second kappa shape index (κ2) is 8.87. The summed E-state index contributed by atoms with van der Waals surface area (Å²) in [5.41, 5.74) is 2.02. The van der Waals surface area contributed by atoms with E-state index in [1.54, 1.807) is 0 Å². The van der Waals surface area contributed by atoms with Crippen LogP contribution in [0.25, 0.3) is 22.0 Å². The van der Waals surface area contributed by atoms with Gasteiger partial charge in [-0.15, -0.1) is 11.3 Å². The number of carbonyl (C=O) groups excluding carboxylic acids is 1. The van der Waals surface area contributed by atoms with E-state index in [0.29, 0.717) is 5.13 Å². The van der Waals surface area contributed by atoms with Crippen molar-refractivity contribution in [2.45, 2.75) is 51.9 Å². The van der Waals surface area contributed by atoms with Crippen molar-refractivity contribution in [3.05, 3.63) is 47.8 Å². The molecule has 0 radical (unpaired) electrons. The molecule has 0 saturated heterocycles. The van der Waals surface area contributed by atoms with Gasteiger partial charge in [0.1, 0.15) is 0 Å². The lowest BCUT2D eigenvalue weighted by atomic mass is 9.79. The Morgan fingerprint density at radius 3 is 2.68 bits per heavy atom. The summed E-state index contributed by atoms with van der Waals surface area (Å²) >= 11 is 1.51. The predicted octanol–water partition coefficient (Wildman–Crippen LogP) is 6.90. The first-order valence-corrected chi connectivity index (χ1v) is 11.4. The largest absolute Gasteiger partial charge is 0.302 e. The second-order valence-corrected chi connectivity index (χ2v) is 8.81. The molecule has 1 aliphatic rings. The lowest BCUT2D eigenvalue weighted by molar-refractivity contribution is -0.121. The zero-order valence-corrected chi connectivity index (χ0v) is 17.3.